The predicted octanol–water partition coefficient (Wildman–Crippen LogP) is 6.11. The molecule has 1 amide bonds. The number of amides is 1. The largest absolute Gasteiger partial charge is 0.467 e. The van der Waals surface area contributed by atoms with Crippen LogP contribution >= 0.6 is 11.3 Å². The van der Waals surface area contributed by atoms with Crippen molar-refractivity contribution in [2.24, 2.45) is 0 Å². The Hall–Kier alpha value is -4.25. The molecule has 1 aliphatic rings. The molecule has 220 valence electrons. The van der Waals surface area contributed by atoms with Crippen LogP contribution in [0.3, 0.4) is 0 Å². The van der Waals surface area contributed by atoms with E-state index in [1.165, 1.54) is 7.11 Å². The molecule has 1 saturated heterocycles. The van der Waals surface area contributed by atoms with Crippen LogP contribution in [0.1, 0.15) is 38.3 Å². The number of likely N-dealkylation sites (tertiary alicyclic amines) is 1. The van der Waals surface area contributed by atoms with Gasteiger partial charge < -0.3 is 20.3 Å². The predicted molar refractivity (Wildman–Crippen MR) is 149 cm³/mol. The van der Waals surface area contributed by atoms with E-state index in [-0.39, 0.29) is 68.3 Å². The maximum Gasteiger partial charge on any atom is 0.417 e. The fourth-order valence-corrected chi connectivity index (χ4v) is 6.45. The lowest BCUT2D eigenvalue weighted by atomic mass is 9.92. The molecule has 2 aromatic heterocycles. The van der Waals surface area contributed by atoms with Crippen molar-refractivity contribution in [1.29, 1.82) is 5.26 Å². The smallest absolute Gasteiger partial charge is 0.417 e. The van der Waals surface area contributed by atoms with Gasteiger partial charge in [-0.25, -0.2) is 8.78 Å². The molecule has 1 atom stereocenters. The van der Waals surface area contributed by atoms with Crippen molar-refractivity contribution in [2.75, 3.05) is 30.8 Å². The molecule has 1 fully saturated rings. The molecule has 4 aromatic rings. The second-order valence-electron chi connectivity index (χ2n) is 10.1. The minimum absolute atomic E-state index is 0.0274. The third-order valence-corrected chi connectivity index (χ3v) is 8.42. The minimum Gasteiger partial charge on any atom is -0.467 e. The van der Waals surface area contributed by atoms with Crippen molar-refractivity contribution in [2.45, 2.75) is 45.5 Å². The van der Waals surface area contributed by atoms with E-state index in [1.54, 1.807) is 22.8 Å². The number of halogens is 5. The summed E-state index contributed by atoms with van der Waals surface area (Å²) in [4.78, 5) is 24.4. The van der Waals surface area contributed by atoms with Gasteiger partial charge in [0.2, 0.25) is 5.91 Å². The Labute approximate surface area is 241 Å². The Bertz CT molecular complexity index is 1780. The molecule has 0 spiro atoms. The van der Waals surface area contributed by atoms with Crippen LogP contribution in [0.4, 0.5) is 32.8 Å². The van der Waals surface area contributed by atoms with Crippen LogP contribution in [-0.4, -0.2) is 53.1 Å². The van der Waals surface area contributed by atoms with Crippen LogP contribution in [0.25, 0.3) is 32.1 Å². The number of nitriles is 1. The van der Waals surface area contributed by atoms with Gasteiger partial charge in [0.15, 0.2) is 5.82 Å². The number of rotatable bonds is 6. The Morgan fingerprint density at radius 1 is 1.29 bits per heavy atom. The van der Waals surface area contributed by atoms with E-state index in [2.05, 4.69) is 9.97 Å². The van der Waals surface area contributed by atoms with E-state index >= 15 is 4.39 Å². The Kier molecular flexibility index (Phi) is 7.34. The summed E-state index contributed by atoms with van der Waals surface area (Å²) in [6.45, 7) is 6.00. The maximum absolute atomic E-state index is 16.6. The molecular formula is C28H25F5N6O2S. The van der Waals surface area contributed by atoms with E-state index in [9.17, 15) is 27.6 Å². The molecule has 14 heteroatoms. The molecule has 1 aliphatic heterocycles. The standard InChI is InChI=1S/C28H25F5N6O2S/c1-5-38(13-8-19(40)39(11-13)12(2)3)26-15-9-17(28(31,32)33)21(22(30)23(15)36-27(37-26)41-4)14-6-7-18(29)24-20(14)16(10-34)25(35)42-24/h6-7,9,12-13H,5,8,11,35H2,1-4H3. The van der Waals surface area contributed by atoms with Gasteiger partial charge in [-0.3, -0.25) is 4.79 Å². The summed E-state index contributed by atoms with van der Waals surface area (Å²) in [5.41, 5.74) is 2.52. The lowest BCUT2D eigenvalue weighted by Gasteiger charge is -2.30. The van der Waals surface area contributed by atoms with Gasteiger partial charge in [-0.1, -0.05) is 6.07 Å². The minimum atomic E-state index is -5.08. The van der Waals surface area contributed by atoms with E-state index in [4.69, 9.17) is 10.5 Å². The molecule has 8 nitrogen and oxygen atoms in total. The fourth-order valence-electron chi connectivity index (χ4n) is 5.50. The van der Waals surface area contributed by atoms with Gasteiger partial charge >= 0.3 is 12.2 Å². The molecule has 1 unspecified atom stereocenters. The molecule has 5 rings (SSSR count). The number of carbonyl (C=O) groups excluding carboxylic acids is 1. The summed E-state index contributed by atoms with van der Waals surface area (Å²) in [6, 6.07) is 3.60. The van der Waals surface area contributed by atoms with Gasteiger partial charge in [0.1, 0.15) is 28.2 Å². The number of alkyl halides is 3. The van der Waals surface area contributed by atoms with Crippen molar-refractivity contribution in [3.05, 3.63) is 41.0 Å². The van der Waals surface area contributed by atoms with Crippen molar-refractivity contribution in [3.8, 4) is 23.2 Å². The van der Waals surface area contributed by atoms with Gasteiger partial charge in [-0.2, -0.15) is 28.4 Å². The number of anilines is 2. The number of fused-ring (bicyclic) bond motifs is 2. The van der Waals surface area contributed by atoms with Crippen LogP contribution in [0.15, 0.2) is 18.2 Å². The van der Waals surface area contributed by atoms with Crippen molar-refractivity contribution in [1.82, 2.24) is 14.9 Å². The summed E-state index contributed by atoms with van der Waals surface area (Å²) in [7, 11) is 1.24. The zero-order valence-corrected chi connectivity index (χ0v) is 23.8. The Morgan fingerprint density at radius 2 is 2.00 bits per heavy atom. The van der Waals surface area contributed by atoms with Crippen LogP contribution in [0.2, 0.25) is 0 Å². The van der Waals surface area contributed by atoms with Gasteiger partial charge in [-0.15, -0.1) is 11.3 Å². The average Bonchev–Trinajstić information content (AvgIpc) is 3.49. The van der Waals surface area contributed by atoms with Crippen LogP contribution in [-0.2, 0) is 11.0 Å². The lowest BCUT2D eigenvalue weighted by Crippen LogP contribution is -2.40. The van der Waals surface area contributed by atoms with Gasteiger partial charge in [-0.05, 0) is 38.5 Å². The molecule has 2 aromatic carbocycles. The highest BCUT2D eigenvalue weighted by atomic mass is 32.1. The number of nitrogens with zero attached hydrogens (tertiary/aromatic N) is 5. The number of aromatic nitrogens is 2. The molecule has 0 saturated carbocycles. The molecule has 0 bridgehead atoms. The third-order valence-electron chi connectivity index (χ3n) is 7.39. The quantitative estimate of drug-likeness (QED) is 0.265. The number of thiophene rings is 1. The highest BCUT2D eigenvalue weighted by molar-refractivity contribution is 7.23. The topological polar surface area (TPSA) is 108 Å². The first kappa shape index (κ1) is 29.2. The molecule has 3 heterocycles. The normalized spacial score (nSPS) is 15.7. The van der Waals surface area contributed by atoms with E-state index in [0.717, 1.165) is 18.2 Å². The van der Waals surface area contributed by atoms with E-state index in [0.29, 0.717) is 17.9 Å². The summed E-state index contributed by atoms with van der Waals surface area (Å²) < 4.78 is 80.4. The first-order valence-electron chi connectivity index (χ1n) is 12.9. The highest BCUT2D eigenvalue weighted by Crippen LogP contribution is 2.48. The van der Waals surface area contributed by atoms with E-state index < -0.39 is 40.5 Å². The third kappa shape index (κ3) is 4.61. The molecule has 2 N–H and O–H groups in total. The number of hydrogen-bond donors (Lipinski definition) is 1. The number of methoxy groups -OCH3 is 1. The van der Waals surface area contributed by atoms with Gasteiger partial charge in [0.05, 0.1) is 29.0 Å². The summed E-state index contributed by atoms with van der Waals surface area (Å²) in [5.74, 6) is -2.31. The zero-order chi connectivity index (χ0) is 30.7. The van der Waals surface area contributed by atoms with Crippen LogP contribution in [0.5, 0.6) is 6.01 Å². The maximum atomic E-state index is 16.6. The molecule has 0 aliphatic carbocycles. The van der Waals surface area contributed by atoms with Gasteiger partial charge in [0, 0.05) is 41.9 Å². The number of benzene rings is 2. The van der Waals surface area contributed by atoms with E-state index in [1.807, 2.05) is 13.8 Å². The summed E-state index contributed by atoms with van der Waals surface area (Å²) in [5, 5.41) is 9.09. The monoisotopic (exact) mass is 604 g/mol. The first-order valence-corrected chi connectivity index (χ1v) is 13.8. The highest BCUT2D eigenvalue weighted by Gasteiger charge is 2.40. The first-order chi connectivity index (χ1) is 19.8. The number of nitrogen functional groups attached to an aromatic ring is 1. The summed E-state index contributed by atoms with van der Waals surface area (Å²) in [6.07, 6.45) is -4.98. The lowest BCUT2D eigenvalue weighted by molar-refractivity contribution is -0.137. The second kappa shape index (κ2) is 10.5. The number of likely N-dealkylation sites (N-methyl/N-ethyl adjacent to an activating group) is 1. The summed E-state index contributed by atoms with van der Waals surface area (Å²) >= 11 is 0.686. The van der Waals surface area contributed by atoms with Gasteiger partial charge in [0.25, 0.3) is 0 Å². The second-order valence-corrected chi connectivity index (χ2v) is 11.1. The Balaban J connectivity index is 1.85. The average molecular weight is 605 g/mol. The molecule has 0 radical (unpaired) electrons. The number of hydrogen-bond acceptors (Lipinski definition) is 8. The fraction of sp³-hybridized carbons (Fsp3) is 0.357. The van der Waals surface area contributed by atoms with Crippen molar-refractivity contribution >= 4 is 49.1 Å². The van der Waals surface area contributed by atoms with Crippen LogP contribution < -0.4 is 15.4 Å². The Morgan fingerprint density at radius 3 is 2.57 bits per heavy atom. The number of ether oxygens (including phenoxy) is 1. The van der Waals surface area contributed by atoms with Crippen molar-refractivity contribution < 1.29 is 31.5 Å². The number of nitrogens with two attached hydrogens (primary N) is 1. The zero-order valence-electron chi connectivity index (χ0n) is 22.9. The number of carbonyl (C=O) groups is 1. The van der Waals surface area contributed by atoms with Crippen molar-refractivity contribution in [3.63, 3.8) is 0 Å². The van der Waals surface area contributed by atoms with Crippen LogP contribution in [0, 0.1) is 23.0 Å². The molecule has 42 heavy (non-hydrogen) atoms. The molecular weight excluding hydrogens is 579 g/mol. The SMILES string of the molecule is CCN(c1nc(OC)nc2c(F)c(-c3ccc(F)c4sc(N)c(C#N)c34)c(C(F)(F)F)cc12)C1CC(=O)N(C(C)C)C1.